The Labute approximate surface area is 153 Å². The van der Waals surface area contributed by atoms with Gasteiger partial charge in [-0.25, -0.2) is 0 Å². The Bertz CT molecular complexity index is 952. The topological polar surface area (TPSA) is 79.6 Å². The maximum absolute atomic E-state index is 12.8. The number of fused-ring (bicyclic) bond motifs is 1. The van der Waals surface area contributed by atoms with Crippen molar-refractivity contribution in [3.63, 3.8) is 0 Å². The van der Waals surface area contributed by atoms with Crippen molar-refractivity contribution in [3.8, 4) is 5.75 Å². The number of pyridine rings is 1. The Morgan fingerprint density at radius 2 is 1.88 bits per heavy atom. The molecule has 0 saturated carbocycles. The fourth-order valence-corrected chi connectivity index (χ4v) is 3.18. The maximum atomic E-state index is 12.8. The van der Waals surface area contributed by atoms with Crippen LogP contribution in [0.2, 0.25) is 10.0 Å². The molecule has 0 spiro atoms. The third-order valence-corrected chi connectivity index (χ3v) is 4.83. The number of benzene rings is 1. The molecule has 0 bridgehead atoms. The van der Waals surface area contributed by atoms with Gasteiger partial charge in [0.05, 0.1) is 15.7 Å². The van der Waals surface area contributed by atoms with Gasteiger partial charge in [0.25, 0.3) is 5.91 Å². The van der Waals surface area contributed by atoms with Crippen LogP contribution in [-0.2, 0) is 13.1 Å². The molecule has 6 nitrogen and oxygen atoms in total. The number of hydrogen-bond donors (Lipinski definition) is 1. The molecule has 1 aromatic carbocycles. The van der Waals surface area contributed by atoms with Crippen LogP contribution in [0.25, 0.3) is 0 Å². The molecular formula is C17H14Cl2N2O4. The first-order chi connectivity index (χ1) is 11.8. The van der Waals surface area contributed by atoms with Gasteiger partial charge in [0.1, 0.15) is 0 Å². The molecule has 0 radical (unpaired) electrons. The second-order valence-corrected chi connectivity index (χ2v) is 6.59. The second-order valence-electron chi connectivity index (χ2n) is 5.77. The van der Waals surface area contributed by atoms with Crippen molar-refractivity contribution in [1.82, 2.24) is 9.47 Å². The summed E-state index contributed by atoms with van der Waals surface area (Å²) in [6.45, 7) is 2.18. The Morgan fingerprint density at radius 1 is 1.16 bits per heavy atom. The van der Waals surface area contributed by atoms with Crippen LogP contribution < -0.4 is 5.43 Å². The highest BCUT2D eigenvalue weighted by molar-refractivity contribution is 6.42. The zero-order valence-corrected chi connectivity index (χ0v) is 14.8. The van der Waals surface area contributed by atoms with Crippen LogP contribution in [-0.4, -0.2) is 32.8 Å². The van der Waals surface area contributed by atoms with Gasteiger partial charge >= 0.3 is 0 Å². The van der Waals surface area contributed by atoms with Gasteiger partial charge < -0.3 is 14.6 Å². The molecule has 0 atom stereocenters. The van der Waals surface area contributed by atoms with Crippen molar-refractivity contribution in [1.29, 1.82) is 0 Å². The molecule has 130 valence electrons. The Morgan fingerprint density at radius 3 is 2.52 bits per heavy atom. The normalized spacial score (nSPS) is 13.7. The number of aromatic nitrogens is 1. The predicted octanol–water partition coefficient (Wildman–Crippen LogP) is 2.72. The van der Waals surface area contributed by atoms with Crippen LogP contribution in [0.15, 0.2) is 29.1 Å². The number of rotatable bonds is 3. The molecule has 1 amide bonds. The van der Waals surface area contributed by atoms with Crippen molar-refractivity contribution in [2.45, 2.75) is 20.0 Å². The average Bonchev–Trinajstić information content (AvgIpc) is 2.56. The van der Waals surface area contributed by atoms with E-state index in [9.17, 15) is 19.5 Å². The molecule has 0 unspecified atom stereocenters. The van der Waals surface area contributed by atoms with E-state index in [1.807, 2.05) is 0 Å². The van der Waals surface area contributed by atoms with Gasteiger partial charge in [-0.3, -0.25) is 14.4 Å². The molecule has 1 N–H and O–H groups in total. The minimum Gasteiger partial charge on any atom is -0.503 e. The fourth-order valence-electron chi connectivity index (χ4n) is 2.86. The van der Waals surface area contributed by atoms with Crippen LogP contribution >= 0.6 is 23.2 Å². The lowest BCUT2D eigenvalue weighted by Gasteiger charge is -2.31. The fraction of sp³-hybridized carbons (Fsp3) is 0.235. The maximum Gasteiger partial charge on any atom is 0.274 e. The van der Waals surface area contributed by atoms with E-state index in [1.165, 1.54) is 16.4 Å². The molecule has 25 heavy (non-hydrogen) atoms. The number of nitrogens with zero attached hydrogens (tertiary/aromatic N) is 2. The quantitative estimate of drug-likeness (QED) is 0.830. The van der Waals surface area contributed by atoms with Crippen LogP contribution in [0, 0.1) is 0 Å². The summed E-state index contributed by atoms with van der Waals surface area (Å²) in [4.78, 5) is 37.9. The van der Waals surface area contributed by atoms with Crippen LogP contribution in [0.1, 0.15) is 33.5 Å². The summed E-state index contributed by atoms with van der Waals surface area (Å²) in [5, 5.41) is 10.8. The lowest BCUT2D eigenvalue weighted by molar-refractivity contribution is 0.0680. The minimum absolute atomic E-state index is 0.111. The summed E-state index contributed by atoms with van der Waals surface area (Å²) < 4.78 is 1.40. The highest BCUT2D eigenvalue weighted by atomic mass is 35.5. The van der Waals surface area contributed by atoms with E-state index in [0.717, 1.165) is 11.6 Å². The number of carbonyl (C=O) groups excluding carboxylic acids is 2. The van der Waals surface area contributed by atoms with Gasteiger partial charge in [0.2, 0.25) is 5.43 Å². The van der Waals surface area contributed by atoms with Gasteiger partial charge in [0, 0.05) is 32.6 Å². The first kappa shape index (κ1) is 17.5. The molecule has 8 heteroatoms. The lowest BCUT2D eigenvalue weighted by atomic mass is 10.1. The third kappa shape index (κ3) is 3.15. The standard InChI is InChI=1S/C17H14Cl2N2O4/c1-9(22)13-7-14(23)16(24)15-17(25)20(4-5-21(13)15)8-10-2-3-11(18)12(19)6-10/h2-3,6-7,24H,4-5,8H2,1H3. The van der Waals surface area contributed by atoms with Crippen LogP contribution in [0.5, 0.6) is 5.75 Å². The van der Waals surface area contributed by atoms with Crippen LogP contribution in [0.4, 0.5) is 0 Å². The molecule has 0 fully saturated rings. The third-order valence-electron chi connectivity index (χ3n) is 4.09. The highest BCUT2D eigenvalue weighted by Crippen LogP contribution is 2.26. The highest BCUT2D eigenvalue weighted by Gasteiger charge is 2.30. The van der Waals surface area contributed by atoms with Crippen molar-refractivity contribution in [3.05, 3.63) is 61.5 Å². The number of carbonyl (C=O) groups is 2. The van der Waals surface area contributed by atoms with Gasteiger partial charge in [-0.2, -0.15) is 0 Å². The van der Waals surface area contributed by atoms with E-state index in [0.29, 0.717) is 23.1 Å². The van der Waals surface area contributed by atoms with E-state index in [1.54, 1.807) is 18.2 Å². The molecule has 2 aromatic rings. The zero-order chi connectivity index (χ0) is 18.3. The summed E-state index contributed by atoms with van der Waals surface area (Å²) in [6, 6.07) is 6.10. The number of amides is 1. The molecule has 1 aliphatic rings. The van der Waals surface area contributed by atoms with Gasteiger partial charge in [-0.15, -0.1) is 0 Å². The number of aromatic hydroxyl groups is 1. The first-order valence-corrected chi connectivity index (χ1v) is 8.26. The van der Waals surface area contributed by atoms with Gasteiger partial charge in [0.15, 0.2) is 17.2 Å². The average molecular weight is 381 g/mol. The lowest BCUT2D eigenvalue weighted by Crippen LogP contribution is -2.42. The largest absolute Gasteiger partial charge is 0.503 e. The van der Waals surface area contributed by atoms with Gasteiger partial charge in [-0.05, 0) is 17.7 Å². The van der Waals surface area contributed by atoms with E-state index in [-0.39, 0.29) is 23.7 Å². The summed E-state index contributed by atoms with van der Waals surface area (Å²) in [6.07, 6.45) is 0. The van der Waals surface area contributed by atoms with Crippen molar-refractivity contribution < 1.29 is 14.7 Å². The smallest absolute Gasteiger partial charge is 0.274 e. The van der Waals surface area contributed by atoms with Crippen molar-refractivity contribution in [2.75, 3.05) is 6.54 Å². The number of ketones is 1. The van der Waals surface area contributed by atoms with Crippen molar-refractivity contribution in [2.24, 2.45) is 0 Å². The molecule has 0 aliphatic carbocycles. The Balaban J connectivity index is 1.99. The number of halogens is 2. The van der Waals surface area contributed by atoms with Crippen LogP contribution in [0.3, 0.4) is 0 Å². The Kier molecular flexibility index (Phi) is 4.58. The number of hydrogen-bond acceptors (Lipinski definition) is 4. The predicted molar refractivity (Wildman–Crippen MR) is 93.6 cm³/mol. The monoisotopic (exact) mass is 380 g/mol. The van der Waals surface area contributed by atoms with Gasteiger partial charge in [-0.1, -0.05) is 29.3 Å². The van der Waals surface area contributed by atoms with E-state index < -0.39 is 17.1 Å². The minimum atomic E-state index is -0.749. The zero-order valence-electron chi connectivity index (χ0n) is 13.3. The second kappa shape index (κ2) is 6.54. The Hall–Kier alpha value is -2.31. The van der Waals surface area contributed by atoms with E-state index >= 15 is 0 Å². The van der Waals surface area contributed by atoms with Crippen molar-refractivity contribution >= 4 is 34.9 Å². The molecule has 1 aromatic heterocycles. The molecule has 3 rings (SSSR count). The van der Waals surface area contributed by atoms with E-state index in [4.69, 9.17) is 23.2 Å². The van der Waals surface area contributed by atoms with E-state index in [2.05, 4.69) is 0 Å². The first-order valence-electron chi connectivity index (χ1n) is 7.50. The summed E-state index contributed by atoms with van der Waals surface area (Å²) in [7, 11) is 0. The summed E-state index contributed by atoms with van der Waals surface area (Å²) in [5.41, 5.74) is -0.0358. The molecule has 2 heterocycles. The SMILES string of the molecule is CC(=O)c1cc(=O)c(O)c2n1CCN(Cc1ccc(Cl)c(Cl)c1)C2=O. The number of Topliss-reactive ketones (excluding diaryl/α,β-unsaturated/α-hetero) is 1. The molecular weight excluding hydrogens is 367 g/mol. The summed E-state index contributed by atoms with van der Waals surface area (Å²) >= 11 is 11.9. The molecule has 1 aliphatic heterocycles. The summed E-state index contributed by atoms with van der Waals surface area (Å²) in [5.74, 6) is -1.51. The molecule has 0 saturated heterocycles.